The van der Waals surface area contributed by atoms with Crippen LogP contribution in [-0.4, -0.2) is 11.9 Å². The van der Waals surface area contributed by atoms with Crippen molar-refractivity contribution in [1.29, 1.82) is 0 Å². The van der Waals surface area contributed by atoms with Crippen molar-refractivity contribution in [3.8, 4) is 0 Å². The fraction of sp³-hybridized carbons (Fsp3) is 0.533. The fourth-order valence-electron chi connectivity index (χ4n) is 2.71. The number of rotatable bonds is 2. The van der Waals surface area contributed by atoms with Gasteiger partial charge in [-0.05, 0) is 36.5 Å². The number of carbonyl (C=O) groups excluding carboxylic acids is 1. The van der Waals surface area contributed by atoms with Gasteiger partial charge in [0, 0.05) is 10.5 Å². The Morgan fingerprint density at radius 2 is 2.11 bits per heavy atom. The van der Waals surface area contributed by atoms with Crippen LogP contribution in [0.1, 0.15) is 43.5 Å². The highest BCUT2D eigenvalue weighted by atomic mass is 79.9. The Balaban J connectivity index is 2.08. The first kappa shape index (κ1) is 14.5. The lowest BCUT2D eigenvalue weighted by Crippen LogP contribution is -2.43. The number of hydrogen-bond donors (Lipinski definition) is 1. The maximum atomic E-state index is 13.7. The van der Waals surface area contributed by atoms with E-state index < -0.39 is 5.82 Å². The molecule has 0 aromatic heterocycles. The Labute approximate surface area is 121 Å². The lowest BCUT2D eigenvalue weighted by molar-refractivity contribution is 0.0887. The van der Waals surface area contributed by atoms with E-state index in [0.29, 0.717) is 16.3 Å². The van der Waals surface area contributed by atoms with E-state index in [1.165, 1.54) is 18.6 Å². The van der Waals surface area contributed by atoms with Crippen LogP contribution in [0.4, 0.5) is 4.39 Å². The average Bonchev–Trinajstić information content (AvgIpc) is 2.34. The van der Waals surface area contributed by atoms with Crippen molar-refractivity contribution in [2.45, 2.75) is 39.2 Å². The van der Waals surface area contributed by atoms with Gasteiger partial charge in [0.25, 0.3) is 5.91 Å². The summed E-state index contributed by atoms with van der Waals surface area (Å²) in [5.41, 5.74) is 0.119. The van der Waals surface area contributed by atoms with Crippen molar-refractivity contribution in [2.24, 2.45) is 11.8 Å². The minimum atomic E-state index is -0.483. The first-order valence-corrected chi connectivity index (χ1v) is 7.54. The number of benzene rings is 1. The maximum Gasteiger partial charge on any atom is 0.254 e. The Morgan fingerprint density at radius 1 is 1.37 bits per heavy atom. The molecule has 1 amide bonds. The van der Waals surface area contributed by atoms with E-state index in [1.807, 2.05) is 0 Å². The molecule has 0 heterocycles. The molecular formula is C15H19BrFNO. The van der Waals surface area contributed by atoms with Gasteiger partial charge in [-0.2, -0.15) is 0 Å². The molecule has 0 saturated heterocycles. The summed E-state index contributed by atoms with van der Waals surface area (Å²) in [5, 5.41) is 2.98. The second-order valence-corrected chi connectivity index (χ2v) is 6.39. The molecule has 1 aromatic carbocycles. The van der Waals surface area contributed by atoms with Crippen LogP contribution >= 0.6 is 15.9 Å². The van der Waals surface area contributed by atoms with Crippen LogP contribution in [-0.2, 0) is 0 Å². The molecule has 0 aliphatic heterocycles. The zero-order valence-corrected chi connectivity index (χ0v) is 12.8. The largest absolute Gasteiger partial charge is 0.349 e. The summed E-state index contributed by atoms with van der Waals surface area (Å²) < 4.78 is 14.4. The number of hydrogen-bond acceptors (Lipinski definition) is 1. The van der Waals surface area contributed by atoms with Crippen molar-refractivity contribution >= 4 is 21.8 Å². The summed E-state index contributed by atoms with van der Waals surface area (Å²) in [6, 6.07) is 4.68. The van der Waals surface area contributed by atoms with Crippen LogP contribution in [0.5, 0.6) is 0 Å². The third kappa shape index (κ3) is 3.35. The number of nitrogens with one attached hydrogen (secondary N) is 1. The summed E-state index contributed by atoms with van der Waals surface area (Å²) >= 11 is 3.19. The van der Waals surface area contributed by atoms with Crippen LogP contribution in [0.2, 0.25) is 0 Å². The quantitative estimate of drug-likeness (QED) is 0.868. The summed E-state index contributed by atoms with van der Waals surface area (Å²) in [6.07, 6.45) is 3.31. The predicted molar refractivity (Wildman–Crippen MR) is 77.5 cm³/mol. The van der Waals surface area contributed by atoms with Crippen molar-refractivity contribution in [1.82, 2.24) is 5.32 Å². The van der Waals surface area contributed by atoms with Crippen LogP contribution in [0, 0.1) is 17.7 Å². The number of halogens is 2. The highest BCUT2D eigenvalue weighted by Crippen LogP contribution is 2.29. The Hall–Kier alpha value is -0.900. The Bertz CT molecular complexity index is 477. The highest BCUT2D eigenvalue weighted by Gasteiger charge is 2.28. The van der Waals surface area contributed by atoms with Gasteiger partial charge in [-0.15, -0.1) is 0 Å². The Morgan fingerprint density at radius 3 is 2.79 bits per heavy atom. The molecule has 1 aliphatic rings. The van der Waals surface area contributed by atoms with Gasteiger partial charge in [-0.1, -0.05) is 42.6 Å². The summed E-state index contributed by atoms with van der Waals surface area (Å²) in [5.74, 6) is 0.254. The molecule has 2 nitrogen and oxygen atoms in total. The van der Waals surface area contributed by atoms with E-state index in [-0.39, 0.29) is 17.5 Å². The molecule has 1 aliphatic carbocycles. The Kier molecular flexibility index (Phi) is 4.61. The minimum absolute atomic E-state index is 0.119. The molecule has 1 N–H and O–H groups in total. The van der Waals surface area contributed by atoms with Crippen molar-refractivity contribution < 1.29 is 9.18 Å². The smallest absolute Gasteiger partial charge is 0.254 e. The second-order valence-electron chi connectivity index (χ2n) is 5.47. The number of amides is 1. The normalized spacial score (nSPS) is 27.1. The molecule has 3 atom stereocenters. The molecule has 1 aromatic rings. The zero-order chi connectivity index (χ0) is 14.0. The fourth-order valence-corrected chi connectivity index (χ4v) is 3.04. The zero-order valence-electron chi connectivity index (χ0n) is 11.2. The molecule has 1 saturated carbocycles. The summed E-state index contributed by atoms with van der Waals surface area (Å²) in [6.45, 7) is 4.37. The van der Waals surface area contributed by atoms with Crippen molar-refractivity contribution in [3.05, 3.63) is 34.1 Å². The van der Waals surface area contributed by atoms with Gasteiger partial charge >= 0.3 is 0 Å². The molecule has 0 radical (unpaired) electrons. The third-order valence-corrected chi connectivity index (χ3v) is 4.69. The lowest BCUT2D eigenvalue weighted by Gasteiger charge is -2.34. The predicted octanol–water partition coefficient (Wildman–Crippen LogP) is 4.14. The standard InChI is InChI=1S/C15H19BrFNO/c1-9-4-3-5-14(10(9)2)18-15(19)12-7-6-11(16)8-13(12)17/h6-10,14H,3-5H2,1-2H3,(H,18,19). The highest BCUT2D eigenvalue weighted by molar-refractivity contribution is 9.10. The molecule has 0 spiro atoms. The van der Waals surface area contributed by atoms with Crippen LogP contribution in [0.15, 0.2) is 22.7 Å². The van der Waals surface area contributed by atoms with Crippen molar-refractivity contribution in [2.75, 3.05) is 0 Å². The molecule has 2 rings (SSSR count). The monoisotopic (exact) mass is 327 g/mol. The average molecular weight is 328 g/mol. The van der Waals surface area contributed by atoms with E-state index in [9.17, 15) is 9.18 Å². The first-order valence-electron chi connectivity index (χ1n) is 6.75. The van der Waals surface area contributed by atoms with Gasteiger partial charge in [0.05, 0.1) is 5.56 Å². The first-order chi connectivity index (χ1) is 8.99. The van der Waals surface area contributed by atoms with Gasteiger partial charge in [0.1, 0.15) is 5.82 Å². The van der Waals surface area contributed by atoms with Crippen LogP contribution in [0.3, 0.4) is 0 Å². The second kappa shape index (κ2) is 6.04. The van der Waals surface area contributed by atoms with E-state index in [1.54, 1.807) is 6.07 Å². The summed E-state index contributed by atoms with van der Waals surface area (Å²) in [7, 11) is 0. The van der Waals surface area contributed by atoms with E-state index in [2.05, 4.69) is 35.1 Å². The van der Waals surface area contributed by atoms with Gasteiger partial charge < -0.3 is 5.32 Å². The van der Waals surface area contributed by atoms with E-state index >= 15 is 0 Å². The SMILES string of the molecule is CC1CCCC(NC(=O)c2ccc(Br)cc2F)C1C. The van der Waals surface area contributed by atoms with Crippen molar-refractivity contribution in [3.63, 3.8) is 0 Å². The van der Waals surface area contributed by atoms with Gasteiger partial charge in [-0.3, -0.25) is 4.79 Å². The van der Waals surface area contributed by atoms with Gasteiger partial charge in [0.15, 0.2) is 0 Å². The van der Waals surface area contributed by atoms with E-state index in [4.69, 9.17) is 0 Å². The number of carbonyl (C=O) groups is 1. The molecule has 0 bridgehead atoms. The van der Waals surface area contributed by atoms with Gasteiger partial charge in [-0.25, -0.2) is 4.39 Å². The molecule has 1 fully saturated rings. The molecule has 3 unspecified atom stereocenters. The molecule has 104 valence electrons. The minimum Gasteiger partial charge on any atom is -0.349 e. The molecule has 19 heavy (non-hydrogen) atoms. The lowest BCUT2D eigenvalue weighted by atomic mass is 9.78. The third-order valence-electron chi connectivity index (χ3n) is 4.20. The van der Waals surface area contributed by atoms with Gasteiger partial charge in [0.2, 0.25) is 0 Å². The van der Waals surface area contributed by atoms with Crippen LogP contribution in [0.25, 0.3) is 0 Å². The topological polar surface area (TPSA) is 29.1 Å². The summed E-state index contributed by atoms with van der Waals surface area (Å²) in [4.78, 5) is 12.1. The molecule has 4 heteroatoms. The van der Waals surface area contributed by atoms with E-state index in [0.717, 1.165) is 12.8 Å². The molecular weight excluding hydrogens is 309 g/mol. The maximum absolute atomic E-state index is 13.7. The van der Waals surface area contributed by atoms with Crippen LogP contribution < -0.4 is 5.32 Å².